The van der Waals surface area contributed by atoms with Gasteiger partial charge in [-0.15, -0.1) is 0 Å². The fraction of sp³-hybridized carbons (Fsp3) is 0.278. The number of imidazole rings is 1. The third-order valence-electron chi connectivity index (χ3n) is 3.95. The molecule has 2 aromatic heterocycles. The number of pyridine rings is 1. The Morgan fingerprint density at radius 3 is 2.52 bits per heavy atom. The van der Waals surface area contributed by atoms with Gasteiger partial charge in [-0.2, -0.15) is 0 Å². The molecule has 0 radical (unpaired) electrons. The molecular weight excluding hydrogens is 288 g/mol. The minimum Gasteiger partial charge on any atom is -0.340 e. The van der Waals surface area contributed by atoms with Crippen molar-refractivity contribution < 1.29 is 4.79 Å². The smallest absolute Gasteiger partial charge is 0.270 e. The summed E-state index contributed by atoms with van der Waals surface area (Å²) in [6.45, 7) is 4.14. The van der Waals surface area contributed by atoms with Crippen LogP contribution in [0.1, 0.15) is 36.2 Å². The van der Waals surface area contributed by atoms with Crippen LogP contribution < -0.4 is 5.32 Å². The first-order chi connectivity index (χ1) is 11.1. The molecule has 0 saturated carbocycles. The Balaban J connectivity index is 1.95. The van der Waals surface area contributed by atoms with Crippen LogP contribution in [0.25, 0.3) is 11.0 Å². The first kappa shape index (κ1) is 15.2. The summed E-state index contributed by atoms with van der Waals surface area (Å²) in [6.07, 6.45) is 1.62. The number of aromatic nitrogens is 3. The molecule has 1 amide bonds. The van der Waals surface area contributed by atoms with Crippen molar-refractivity contribution in [1.29, 1.82) is 0 Å². The van der Waals surface area contributed by atoms with Crippen molar-refractivity contribution in [3.05, 3.63) is 60.2 Å². The number of para-hydroxylation sites is 2. The second-order valence-corrected chi connectivity index (χ2v) is 5.93. The van der Waals surface area contributed by atoms with Gasteiger partial charge in [-0.1, -0.05) is 32.0 Å². The van der Waals surface area contributed by atoms with Gasteiger partial charge in [0.15, 0.2) is 0 Å². The highest BCUT2D eigenvalue weighted by molar-refractivity contribution is 5.92. The second-order valence-electron chi connectivity index (χ2n) is 5.93. The number of carbonyl (C=O) groups excluding carboxylic acids is 1. The van der Waals surface area contributed by atoms with Gasteiger partial charge in [0.05, 0.1) is 17.1 Å². The number of fused-ring (bicyclic) bond motifs is 1. The van der Waals surface area contributed by atoms with Gasteiger partial charge in [-0.3, -0.25) is 9.78 Å². The van der Waals surface area contributed by atoms with Crippen molar-refractivity contribution in [2.45, 2.75) is 19.9 Å². The van der Waals surface area contributed by atoms with E-state index < -0.39 is 0 Å². The monoisotopic (exact) mass is 308 g/mol. The molecular formula is C18H20N4O. The predicted molar refractivity (Wildman–Crippen MR) is 90.0 cm³/mol. The molecule has 2 heterocycles. The molecule has 0 aliphatic carbocycles. The zero-order valence-corrected chi connectivity index (χ0v) is 13.5. The fourth-order valence-electron chi connectivity index (χ4n) is 2.68. The van der Waals surface area contributed by atoms with Crippen LogP contribution in [-0.2, 0) is 7.05 Å². The maximum atomic E-state index is 12.4. The molecule has 23 heavy (non-hydrogen) atoms. The molecule has 1 N–H and O–H groups in total. The molecule has 3 rings (SSSR count). The lowest BCUT2D eigenvalue weighted by molar-refractivity contribution is 0.0917. The summed E-state index contributed by atoms with van der Waals surface area (Å²) in [5, 5.41) is 3.07. The molecule has 0 saturated heterocycles. The maximum absolute atomic E-state index is 12.4. The second kappa shape index (κ2) is 6.20. The van der Waals surface area contributed by atoms with Crippen LogP contribution in [0.2, 0.25) is 0 Å². The largest absolute Gasteiger partial charge is 0.340 e. The number of benzene rings is 1. The molecule has 1 atom stereocenters. The zero-order valence-electron chi connectivity index (χ0n) is 13.5. The van der Waals surface area contributed by atoms with E-state index in [1.54, 1.807) is 24.4 Å². The van der Waals surface area contributed by atoms with E-state index in [4.69, 9.17) is 4.98 Å². The first-order valence-electron chi connectivity index (χ1n) is 7.71. The number of carbonyl (C=O) groups is 1. The topological polar surface area (TPSA) is 59.8 Å². The lowest BCUT2D eigenvalue weighted by atomic mass is 10.0. The van der Waals surface area contributed by atoms with Gasteiger partial charge in [0, 0.05) is 13.2 Å². The molecule has 0 bridgehead atoms. The van der Waals surface area contributed by atoms with Crippen LogP contribution in [0.3, 0.4) is 0 Å². The van der Waals surface area contributed by atoms with Crippen molar-refractivity contribution in [1.82, 2.24) is 19.9 Å². The van der Waals surface area contributed by atoms with E-state index in [-0.39, 0.29) is 17.9 Å². The van der Waals surface area contributed by atoms with Crippen molar-refractivity contribution in [2.24, 2.45) is 13.0 Å². The standard InChI is InChI=1S/C18H20N4O/c1-12(2)16(21-18(23)14-9-6-7-11-19-14)17-20-13-8-4-5-10-15(13)22(17)3/h4-12,16H,1-3H3,(H,21,23)/t16-/m0/s1. The van der Waals surface area contributed by atoms with Gasteiger partial charge in [0.25, 0.3) is 5.91 Å². The molecule has 0 aliphatic rings. The lowest BCUT2D eigenvalue weighted by Crippen LogP contribution is -2.33. The number of amides is 1. The normalized spacial score (nSPS) is 12.5. The zero-order chi connectivity index (χ0) is 16.4. The van der Waals surface area contributed by atoms with Crippen LogP contribution in [0.4, 0.5) is 0 Å². The third-order valence-corrected chi connectivity index (χ3v) is 3.95. The van der Waals surface area contributed by atoms with E-state index >= 15 is 0 Å². The molecule has 0 spiro atoms. The quantitative estimate of drug-likeness (QED) is 0.805. The summed E-state index contributed by atoms with van der Waals surface area (Å²) in [5.41, 5.74) is 2.40. The van der Waals surface area contributed by atoms with Crippen molar-refractivity contribution in [2.75, 3.05) is 0 Å². The molecule has 5 heteroatoms. The number of nitrogens with zero attached hydrogens (tertiary/aromatic N) is 3. The Morgan fingerprint density at radius 2 is 1.87 bits per heavy atom. The van der Waals surface area contributed by atoms with Gasteiger partial charge in [-0.25, -0.2) is 4.98 Å². The fourth-order valence-corrected chi connectivity index (χ4v) is 2.68. The summed E-state index contributed by atoms with van der Waals surface area (Å²) >= 11 is 0. The summed E-state index contributed by atoms with van der Waals surface area (Å²) in [5.74, 6) is 0.875. The lowest BCUT2D eigenvalue weighted by Gasteiger charge is -2.22. The van der Waals surface area contributed by atoms with Crippen LogP contribution >= 0.6 is 0 Å². The van der Waals surface area contributed by atoms with Gasteiger partial charge in [0.1, 0.15) is 11.5 Å². The Labute approximate surface area is 135 Å². The van der Waals surface area contributed by atoms with E-state index in [1.165, 1.54) is 0 Å². The molecule has 0 unspecified atom stereocenters. The highest BCUT2D eigenvalue weighted by atomic mass is 16.1. The minimum absolute atomic E-state index is 0.179. The number of rotatable bonds is 4. The molecule has 0 aliphatic heterocycles. The van der Waals surface area contributed by atoms with Crippen molar-refractivity contribution in [3.63, 3.8) is 0 Å². The van der Waals surface area contributed by atoms with Crippen LogP contribution in [0.5, 0.6) is 0 Å². The van der Waals surface area contributed by atoms with E-state index in [2.05, 4.69) is 24.1 Å². The Kier molecular flexibility index (Phi) is 4.10. The summed E-state index contributed by atoms with van der Waals surface area (Å²) < 4.78 is 2.04. The highest BCUT2D eigenvalue weighted by Crippen LogP contribution is 2.25. The maximum Gasteiger partial charge on any atom is 0.270 e. The SMILES string of the molecule is CC(C)[C@H](NC(=O)c1ccccn1)c1nc2ccccc2n1C. The highest BCUT2D eigenvalue weighted by Gasteiger charge is 2.24. The Hall–Kier alpha value is -2.69. The number of aryl methyl sites for hydroxylation is 1. The van der Waals surface area contributed by atoms with Crippen LogP contribution in [0, 0.1) is 5.92 Å². The number of hydrogen-bond donors (Lipinski definition) is 1. The van der Waals surface area contributed by atoms with Crippen molar-refractivity contribution >= 4 is 16.9 Å². The number of nitrogens with one attached hydrogen (secondary N) is 1. The van der Waals surface area contributed by atoms with Gasteiger partial charge in [-0.05, 0) is 30.2 Å². The van der Waals surface area contributed by atoms with E-state index in [0.29, 0.717) is 5.69 Å². The Bertz CT molecular complexity index is 823. The third kappa shape index (κ3) is 2.95. The molecule has 3 aromatic rings. The summed E-state index contributed by atoms with van der Waals surface area (Å²) in [7, 11) is 1.98. The van der Waals surface area contributed by atoms with Gasteiger partial charge < -0.3 is 9.88 Å². The van der Waals surface area contributed by atoms with Gasteiger partial charge >= 0.3 is 0 Å². The molecule has 118 valence electrons. The first-order valence-corrected chi connectivity index (χ1v) is 7.71. The van der Waals surface area contributed by atoms with Crippen LogP contribution in [0.15, 0.2) is 48.7 Å². The molecule has 0 fully saturated rings. The summed E-state index contributed by atoms with van der Waals surface area (Å²) in [4.78, 5) is 21.3. The predicted octanol–water partition coefficient (Wildman–Crippen LogP) is 3.10. The van der Waals surface area contributed by atoms with E-state index in [1.807, 2.05) is 35.9 Å². The summed E-state index contributed by atoms with van der Waals surface area (Å²) in [6, 6.07) is 13.1. The van der Waals surface area contributed by atoms with Gasteiger partial charge in [0.2, 0.25) is 0 Å². The Morgan fingerprint density at radius 1 is 1.13 bits per heavy atom. The van der Waals surface area contributed by atoms with Crippen molar-refractivity contribution in [3.8, 4) is 0 Å². The van der Waals surface area contributed by atoms with E-state index in [0.717, 1.165) is 16.9 Å². The van der Waals surface area contributed by atoms with E-state index in [9.17, 15) is 4.79 Å². The molecule has 5 nitrogen and oxygen atoms in total. The average molecular weight is 308 g/mol. The minimum atomic E-state index is -0.184. The van der Waals surface area contributed by atoms with Crippen LogP contribution in [-0.4, -0.2) is 20.4 Å². The number of hydrogen-bond acceptors (Lipinski definition) is 3. The molecule has 1 aromatic carbocycles. The average Bonchev–Trinajstić information content (AvgIpc) is 2.90.